The molecule has 0 bridgehead atoms. The lowest BCUT2D eigenvalue weighted by molar-refractivity contribution is 0.0951. The summed E-state index contributed by atoms with van der Waals surface area (Å²) in [5, 5.41) is 5.74. The molecule has 7 heteroatoms. The highest BCUT2D eigenvalue weighted by Crippen LogP contribution is 2.24. The number of carbonyl (C=O) groups excluding carboxylic acids is 2. The number of anilines is 2. The second kappa shape index (κ2) is 6.34. The first-order valence-electron chi connectivity index (χ1n) is 7.24. The summed E-state index contributed by atoms with van der Waals surface area (Å²) < 4.78 is 0. The number of carbonyl (C=O) groups is 2. The van der Waals surface area contributed by atoms with E-state index >= 15 is 0 Å². The Morgan fingerprint density at radius 1 is 1.30 bits per heavy atom. The highest BCUT2D eigenvalue weighted by atomic mass is 35.5. The van der Waals surface area contributed by atoms with Gasteiger partial charge < -0.3 is 5.32 Å². The van der Waals surface area contributed by atoms with Gasteiger partial charge in [-0.3, -0.25) is 10.1 Å². The molecule has 0 saturated carbocycles. The molecule has 2 aromatic rings. The minimum absolute atomic E-state index is 0.0497. The first-order valence-corrected chi connectivity index (χ1v) is 7.62. The van der Waals surface area contributed by atoms with Gasteiger partial charge in [-0.05, 0) is 30.5 Å². The van der Waals surface area contributed by atoms with E-state index in [9.17, 15) is 9.59 Å². The number of aromatic nitrogens is 2. The van der Waals surface area contributed by atoms with E-state index in [-0.39, 0.29) is 17.6 Å². The van der Waals surface area contributed by atoms with Gasteiger partial charge in [-0.15, -0.1) is 0 Å². The van der Waals surface area contributed by atoms with Crippen LogP contribution in [0.15, 0.2) is 30.5 Å². The molecule has 118 valence electrons. The van der Waals surface area contributed by atoms with Crippen molar-refractivity contribution in [2.75, 3.05) is 10.6 Å². The quantitative estimate of drug-likeness (QED) is 0.882. The fraction of sp³-hybridized carbons (Fsp3) is 0.250. The number of nitrogens with one attached hydrogen (secondary N) is 2. The number of hydrogen-bond donors (Lipinski definition) is 2. The van der Waals surface area contributed by atoms with Crippen LogP contribution in [0, 0.1) is 5.92 Å². The summed E-state index contributed by atoms with van der Waals surface area (Å²) in [5.74, 6) is 0.469. The lowest BCUT2D eigenvalue weighted by atomic mass is 9.88. The molecule has 1 aliphatic rings. The minimum atomic E-state index is -0.470. The monoisotopic (exact) mass is 330 g/mol. The molecule has 1 aromatic carbocycles. The van der Waals surface area contributed by atoms with E-state index in [2.05, 4.69) is 20.6 Å². The lowest BCUT2D eigenvalue weighted by Gasteiger charge is -2.19. The number of amides is 2. The number of urea groups is 1. The van der Waals surface area contributed by atoms with Gasteiger partial charge in [0, 0.05) is 23.3 Å². The van der Waals surface area contributed by atoms with Crippen LogP contribution in [-0.4, -0.2) is 21.8 Å². The number of fused-ring (bicyclic) bond motifs is 1. The Morgan fingerprint density at radius 2 is 2.13 bits per heavy atom. The van der Waals surface area contributed by atoms with Gasteiger partial charge in [0.25, 0.3) is 0 Å². The van der Waals surface area contributed by atoms with Gasteiger partial charge in [0.15, 0.2) is 5.78 Å². The molecule has 2 amide bonds. The predicted molar refractivity (Wildman–Crippen MR) is 87.9 cm³/mol. The van der Waals surface area contributed by atoms with Crippen LogP contribution >= 0.6 is 11.6 Å². The maximum absolute atomic E-state index is 12.0. The zero-order chi connectivity index (χ0) is 16.4. The zero-order valence-corrected chi connectivity index (χ0v) is 13.2. The Labute approximate surface area is 138 Å². The Kier molecular flexibility index (Phi) is 4.25. The maximum Gasteiger partial charge on any atom is 0.326 e. The molecule has 6 nitrogen and oxygen atoms in total. The van der Waals surface area contributed by atoms with Crippen LogP contribution in [0.25, 0.3) is 0 Å². The van der Waals surface area contributed by atoms with Crippen molar-refractivity contribution >= 4 is 35.1 Å². The van der Waals surface area contributed by atoms with Gasteiger partial charge in [0.05, 0.1) is 11.3 Å². The molecule has 23 heavy (non-hydrogen) atoms. The summed E-state index contributed by atoms with van der Waals surface area (Å²) in [7, 11) is 0. The summed E-state index contributed by atoms with van der Waals surface area (Å²) in [5.41, 5.74) is 1.79. The molecule has 0 unspecified atom stereocenters. The molecule has 0 saturated heterocycles. The molecule has 1 aliphatic carbocycles. The smallest absolute Gasteiger partial charge is 0.308 e. The van der Waals surface area contributed by atoms with E-state index in [1.807, 2.05) is 6.92 Å². The molecule has 2 N–H and O–H groups in total. The van der Waals surface area contributed by atoms with Gasteiger partial charge in [-0.2, -0.15) is 0 Å². The molecule has 0 aliphatic heterocycles. The summed E-state index contributed by atoms with van der Waals surface area (Å²) >= 11 is 5.87. The molecule has 1 aromatic heterocycles. The zero-order valence-electron chi connectivity index (χ0n) is 12.5. The second-order valence-electron chi connectivity index (χ2n) is 5.58. The van der Waals surface area contributed by atoms with Crippen molar-refractivity contribution in [2.24, 2.45) is 5.92 Å². The van der Waals surface area contributed by atoms with Crippen molar-refractivity contribution in [1.29, 1.82) is 0 Å². The van der Waals surface area contributed by atoms with Crippen LogP contribution in [-0.2, 0) is 6.42 Å². The van der Waals surface area contributed by atoms with Crippen LogP contribution in [0.4, 0.5) is 16.4 Å². The molecule has 0 spiro atoms. The number of nitrogens with zero attached hydrogens (tertiary/aromatic N) is 2. The number of rotatable bonds is 2. The van der Waals surface area contributed by atoms with E-state index in [0.717, 1.165) is 0 Å². The van der Waals surface area contributed by atoms with Gasteiger partial charge >= 0.3 is 6.03 Å². The molecular formula is C16H15ClN4O2. The third-order valence-corrected chi connectivity index (χ3v) is 3.79. The first kappa shape index (κ1) is 15.4. The maximum atomic E-state index is 12.0. The van der Waals surface area contributed by atoms with Crippen molar-refractivity contribution < 1.29 is 9.59 Å². The average molecular weight is 331 g/mol. The van der Waals surface area contributed by atoms with E-state index in [0.29, 0.717) is 34.8 Å². The third kappa shape index (κ3) is 3.65. The van der Waals surface area contributed by atoms with Crippen molar-refractivity contribution in [3.8, 4) is 0 Å². The SMILES string of the molecule is C[C@@H]1CC(=O)c2cnc(NC(=O)Nc3cccc(Cl)c3)nc2C1. The minimum Gasteiger partial charge on any atom is -0.308 e. The highest BCUT2D eigenvalue weighted by molar-refractivity contribution is 6.30. The Morgan fingerprint density at radius 3 is 2.91 bits per heavy atom. The van der Waals surface area contributed by atoms with Crippen molar-refractivity contribution in [1.82, 2.24) is 9.97 Å². The number of Topliss-reactive ketones (excluding diaryl/α,β-unsaturated/α-hetero) is 1. The number of hydrogen-bond acceptors (Lipinski definition) is 4. The molecule has 0 fully saturated rings. The molecular weight excluding hydrogens is 316 g/mol. The summed E-state index contributed by atoms with van der Waals surface area (Å²) in [6.07, 6.45) is 2.69. The number of halogens is 1. The normalized spacial score (nSPS) is 16.6. The Hall–Kier alpha value is -2.47. The topological polar surface area (TPSA) is 84.0 Å². The van der Waals surface area contributed by atoms with Crippen LogP contribution in [0.5, 0.6) is 0 Å². The lowest BCUT2D eigenvalue weighted by Crippen LogP contribution is -2.24. The second-order valence-corrected chi connectivity index (χ2v) is 6.02. The van der Waals surface area contributed by atoms with Gasteiger partial charge in [0.1, 0.15) is 0 Å². The fourth-order valence-electron chi connectivity index (χ4n) is 2.52. The predicted octanol–water partition coefficient (Wildman–Crippen LogP) is 3.54. The number of ketones is 1. The Bertz CT molecular complexity index is 778. The summed E-state index contributed by atoms with van der Waals surface area (Å²) in [6, 6.07) is 6.34. The van der Waals surface area contributed by atoms with E-state index in [1.54, 1.807) is 24.3 Å². The number of benzene rings is 1. The molecule has 1 heterocycles. The van der Waals surface area contributed by atoms with Crippen LogP contribution < -0.4 is 10.6 Å². The Balaban J connectivity index is 1.72. The van der Waals surface area contributed by atoms with E-state index in [4.69, 9.17) is 11.6 Å². The summed E-state index contributed by atoms with van der Waals surface area (Å²) in [4.78, 5) is 32.2. The van der Waals surface area contributed by atoms with Gasteiger partial charge in [0.2, 0.25) is 5.95 Å². The molecule has 0 radical (unpaired) electrons. The molecule has 1 atom stereocenters. The standard InChI is InChI=1S/C16H15ClN4O2/c1-9-5-13-12(14(22)6-9)8-18-15(20-13)21-16(23)19-11-4-2-3-10(17)7-11/h2-4,7-9H,5-6H2,1H3,(H2,18,19,20,21,23)/t9-/m0/s1. The van der Waals surface area contributed by atoms with E-state index < -0.39 is 6.03 Å². The average Bonchev–Trinajstić information content (AvgIpc) is 2.46. The van der Waals surface area contributed by atoms with Crippen molar-refractivity contribution in [3.63, 3.8) is 0 Å². The third-order valence-electron chi connectivity index (χ3n) is 3.55. The molecule has 3 rings (SSSR count). The van der Waals surface area contributed by atoms with Gasteiger partial charge in [-0.25, -0.2) is 14.8 Å². The first-order chi connectivity index (χ1) is 11.0. The van der Waals surface area contributed by atoms with Crippen LogP contribution in [0.2, 0.25) is 5.02 Å². The highest BCUT2D eigenvalue weighted by Gasteiger charge is 2.24. The summed E-state index contributed by atoms with van der Waals surface area (Å²) in [6.45, 7) is 2.00. The van der Waals surface area contributed by atoms with Gasteiger partial charge in [-0.1, -0.05) is 24.6 Å². The van der Waals surface area contributed by atoms with Crippen molar-refractivity contribution in [3.05, 3.63) is 46.7 Å². The van der Waals surface area contributed by atoms with Crippen LogP contribution in [0.1, 0.15) is 29.4 Å². The fourth-order valence-corrected chi connectivity index (χ4v) is 2.71. The van der Waals surface area contributed by atoms with Crippen LogP contribution in [0.3, 0.4) is 0 Å². The van der Waals surface area contributed by atoms with Crippen molar-refractivity contribution in [2.45, 2.75) is 19.8 Å². The largest absolute Gasteiger partial charge is 0.326 e. The van der Waals surface area contributed by atoms with E-state index in [1.165, 1.54) is 6.20 Å².